The van der Waals surface area contributed by atoms with Gasteiger partial charge in [-0.1, -0.05) is 17.7 Å². The molecule has 5 heteroatoms. The number of aromatic carboxylic acids is 1. The minimum Gasteiger partial charge on any atom is -0.478 e. The molecular formula is C10H6ClNO2S. The second-order valence-corrected chi connectivity index (χ2v) is 4.18. The van der Waals surface area contributed by atoms with Crippen molar-refractivity contribution >= 4 is 28.9 Å². The van der Waals surface area contributed by atoms with Crippen LogP contribution in [-0.2, 0) is 0 Å². The van der Waals surface area contributed by atoms with E-state index < -0.39 is 5.97 Å². The molecular weight excluding hydrogens is 234 g/mol. The van der Waals surface area contributed by atoms with E-state index in [-0.39, 0.29) is 10.7 Å². The number of carbonyl (C=O) groups is 1. The molecule has 0 saturated heterocycles. The lowest BCUT2D eigenvalue weighted by atomic mass is 10.2. The Morgan fingerprint density at radius 3 is 2.87 bits per heavy atom. The van der Waals surface area contributed by atoms with Crippen LogP contribution in [0.15, 0.2) is 29.6 Å². The van der Waals surface area contributed by atoms with Crippen LogP contribution in [0.3, 0.4) is 0 Å². The van der Waals surface area contributed by atoms with Gasteiger partial charge in [0, 0.05) is 0 Å². The SMILES string of the molecule is O=C(O)c1cc(Cl)nc(-c2cccs2)c1. The Morgan fingerprint density at radius 1 is 1.47 bits per heavy atom. The topological polar surface area (TPSA) is 50.2 Å². The molecule has 0 aliphatic carbocycles. The molecule has 76 valence electrons. The van der Waals surface area contributed by atoms with Gasteiger partial charge in [0.1, 0.15) is 5.15 Å². The summed E-state index contributed by atoms with van der Waals surface area (Å²) in [5, 5.41) is 10.9. The predicted octanol–water partition coefficient (Wildman–Crippen LogP) is 3.16. The van der Waals surface area contributed by atoms with Gasteiger partial charge in [-0.05, 0) is 23.6 Å². The molecule has 3 nitrogen and oxygen atoms in total. The Morgan fingerprint density at radius 2 is 2.27 bits per heavy atom. The van der Waals surface area contributed by atoms with Gasteiger partial charge in [-0.3, -0.25) is 0 Å². The number of carboxylic acid groups (broad SMARTS) is 1. The zero-order chi connectivity index (χ0) is 10.8. The van der Waals surface area contributed by atoms with E-state index in [1.54, 1.807) is 0 Å². The van der Waals surface area contributed by atoms with E-state index in [2.05, 4.69) is 4.98 Å². The number of hydrogen-bond donors (Lipinski definition) is 1. The van der Waals surface area contributed by atoms with Crippen molar-refractivity contribution < 1.29 is 9.90 Å². The molecule has 2 aromatic heterocycles. The Balaban J connectivity index is 2.54. The highest BCUT2D eigenvalue weighted by Crippen LogP contribution is 2.25. The largest absolute Gasteiger partial charge is 0.478 e. The first-order valence-corrected chi connectivity index (χ1v) is 5.37. The van der Waals surface area contributed by atoms with Gasteiger partial charge >= 0.3 is 5.97 Å². The van der Waals surface area contributed by atoms with Crippen LogP contribution < -0.4 is 0 Å². The van der Waals surface area contributed by atoms with Crippen molar-refractivity contribution in [3.8, 4) is 10.6 Å². The summed E-state index contributed by atoms with van der Waals surface area (Å²) in [6.45, 7) is 0. The van der Waals surface area contributed by atoms with Crippen LogP contribution >= 0.6 is 22.9 Å². The van der Waals surface area contributed by atoms with Gasteiger partial charge in [0.25, 0.3) is 0 Å². The highest BCUT2D eigenvalue weighted by atomic mass is 35.5. The van der Waals surface area contributed by atoms with Gasteiger partial charge in [-0.2, -0.15) is 0 Å². The molecule has 15 heavy (non-hydrogen) atoms. The number of halogens is 1. The quantitative estimate of drug-likeness (QED) is 0.819. The molecule has 0 bridgehead atoms. The Labute approximate surface area is 95.0 Å². The molecule has 0 amide bonds. The first kappa shape index (κ1) is 10.1. The van der Waals surface area contributed by atoms with Crippen LogP contribution in [0.2, 0.25) is 5.15 Å². The molecule has 2 aromatic rings. The lowest BCUT2D eigenvalue weighted by Gasteiger charge is -2.00. The summed E-state index contributed by atoms with van der Waals surface area (Å²) in [5.74, 6) is -1.00. The monoisotopic (exact) mass is 239 g/mol. The third-order valence-electron chi connectivity index (χ3n) is 1.81. The van der Waals surface area contributed by atoms with Crippen molar-refractivity contribution in [2.24, 2.45) is 0 Å². The van der Waals surface area contributed by atoms with Crippen molar-refractivity contribution in [1.29, 1.82) is 0 Å². The maximum atomic E-state index is 10.8. The summed E-state index contributed by atoms with van der Waals surface area (Å²) in [5.41, 5.74) is 0.744. The van der Waals surface area contributed by atoms with Crippen molar-refractivity contribution in [2.45, 2.75) is 0 Å². The molecule has 0 saturated carbocycles. The van der Waals surface area contributed by atoms with Crippen LogP contribution in [0.4, 0.5) is 0 Å². The average molecular weight is 240 g/mol. The van der Waals surface area contributed by atoms with Gasteiger partial charge in [-0.15, -0.1) is 11.3 Å². The van der Waals surface area contributed by atoms with E-state index in [1.165, 1.54) is 23.5 Å². The van der Waals surface area contributed by atoms with Crippen molar-refractivity contribution in [3.63, 3.8) is 0 Å². The third-order valence-corrected chi connectivity index (χ3v) is 2.90. The molecule has 0 unspecified atom stereocenters. The first-order valence-electron chi connectivity index (χ1n) is 4.11. The fraction of sp³-hybridized carbons (Fsp3) is 0. The summed E-state index contributed by atoms with van der Waals surface area (Å²) < 4.78 is 0. The number of aromatic nitrogens is 1. The molecule has 0 fully saturated rings. The number of nitrogens with zero attached hydrogens (tertiary/aromatic N) is 1. The lowest BCUT2D eigenvalue weighted by Crippen LogP contribution is -1.97. The molecule has 0 aliphatic rings. The summed E-state index contributed by atoms with van der Waals surface area (Å²) in [6, 6.07) is 6.60. The van der Waals surface area contributed by atoms with E-state index in [1.807, 2.05) is 17.5 Å². The maximum Gasteiger partial charge on any atom is 0.335 e. The zero-order valence-electron chi connectivity index (χ0n) is 7.48. The second-order valence-electron chi connectivity index (χ2n) is 2.85. The number of rotatable bonds is 2. The number of pyridine rings is 1. The highest BCUT2D eigenvalue weighted by Gasteiger charge is 2.09. The summed E-state index contributed by atoms with van der Waals surface area (Å²) in [4.78, 5) is 15.8. The van der Waals surface area contributed by atoms with Gasteiger partial charge in [-0.25, -0.2) is 9.78 Å². The van der Waals surface area contributed by atoms with Gasteiger partial charge < -0.3 is 5.11 Å². The minimum atomic E-state index is -1.00. The number of hydrogen-bond acceptors (Lipinski definition) is 3. The van der Waals surface area contributed by atoms with Crippen LogP contribution in [0.25, 0.3) is 10.6 Å². The van der Waals surface area contributed by atoms with Gasteiger partial charge in [0.2, 0.25) is 0 Å². The van der Waals surface area contributed by atoms with Crippen LogP contribution in [-0.4, -0.2) is 16.1 Å². The molecule has 2 heterocycles. The zero-order valence-corrected chi connectivity index (χ0v) is 9.05. The molecule has 1 N–H and O–H groups in total. The highest BCUT2D eigenvalue weighted by molar-refractivity contribution is 7.13. The predicted molar refractivity (Wildman–Crippen MR) is 59.5 cm³/mol. The normalized spacial score (nSPS) is 10.2. The fourth-order valence-corrected chi connectivity index (χ4v) is 2.07. The van der Waals surface area contributed by atoms with Crippen LogP contribution in [0, 0.1) is 0 Å². The first-order chi connectivity index (χ1) is 7.16. The standard InChI is InChI=1S/C10H6ClNO2S/c11-9-5-6(10(13)14)4-7(12-9)8-2-1-3-15-8/h1-5H,(H,13,14). The summed E-state index contributed by atoms with van der Waals surface area (Å²) >= 11 is 7.23. The van der Waals surface area contributed by atoms with Crippen molar-refractivity contribution in [2.75, 3.05) is 0 Å². The number of carboxylic acids is 1. The fourth-order valence-electron chi connectivity index (χ4n) is 1.17. The van der Waals surface area contributed by atoms with Crippen LogP contribution in [0.5, 0.6) is 0 Å². The van der Waals surface area contributed by atoms with Crippen molar-refractivity contribution in [3.05, 3.63) is 40.4 Å². The summed E-state index contributed by atoms with van der Waals surface area (Å²) in [7, 11) is 0. The Kier molecular flexibility index (Phi) is 2.70. The van der Waals surface area contributed by atoms with Crippen molar-refractivity contribution in [1.82, 2.24) is 4.98 Å². The number of thiophene rings is 1. The maximum absolute atomic E-state index is 10.8. The van der Waals surface area contributed by atoms with E-state index in [4.69, 9.17) is 16.7 Å². The Hall–Kier alpha value is -1.39. The minimum absolute atomic E-state index is 0.151. The lowest BCUT2D eigenvalue weighted by molar-refractivity contribution is 0.0697. The smallest absolute Gasteiger partial charge is 0.335 e. The van der Waals surface area contributed by atoms with Gasteiger partial charge in [0.05, 0.1) is 16.1 Å². The molecule has 0 spiro atoms. The van der Waals surface area contributed by atoms with E-state index in [9.17, 15) is 4.79 Å². The second kappa shape index (κ2) is 4.00. The third kappa shape index (κ3) is 2.16. The van der Waals surface area contributed by atoms with E-state index >= 15 is 0 Å². The van der Waals surface area contributed by atoms with E-state index in [0.717, 1.165) is 4.88 Å². The average Bonchev–Trinajstić information content (AvgIpc) is 2.69. The summed E-state index contributed by atoms with van der Waals surface area (Å²) in [6.07, 6.45) is 0. The molecule has 0 aromatic carbocycles. The molecule has 0 radical (unpaired) electrons. The molecule has 0 atom stereocenters. The Bertz CT molecular complexity index is 496. The van der Waals surface area contributed by atoms with Gasteiger partial charge in [0.15, 0.2) is 0 Å². The van der Waals surface area contributed by atoms with Crippen LogP contribution in [0.1, 0.15) is 10.4 Å². The molecule has 0 aliphatic heterocycles. The molecule has 2 rings (SSSR count). The van der Waals surface area contributed by atoms with E-state index in [0.29, 0.717) is 5.69 Å².